The van der Waals surface area contributed by atoms with Gasteiger partial charge in [0.2, 0.25) is 11.8 Å². The Bertz CT molecular complexity index is 1400. The molecule has 2 unspecified atom stereocenters. The van der Waals surface area contributed by atoms with Gasteiger partial charge in [-0.3, -0.25) is 9.59 Å². The molecule has 2 amide bonds. The van der Waals surface area contributed by atoms with Crippen molar-refractivity contribution in [2.75, 3.05) is 0 Å². The van der Waals surface area contributed by atoms with Gasteiger partial charge in [-0.1, -0.05) is 111 Å². The molecule has 7 rings (SSSR count). The van der Waals surface area contributed by atoms with Crippen molar-refractivity contribution >= 4 is 11.8 Å². The Morgan fingerprint density at radius 2 is 1.44 bits per heavy atom. The third-order valence-corrected chi connectivity index (χ3v) is 12.3. The number of hydrogen-bond donors (Lipinski definition) is 1. The number of fused-ring (bicyclic) bond motifs is 5. The highest BCUT2D eigenvalue weighted by atomic mass is 16.2. The van der Waals surface area contributed by atoms with E-state index in [0.717, 1.165) is 29.0 Å². The predicted molar refractivity (Wildman–Crippen MR) is 171 cm³/mol. The zero-order chi connectivity index (χ0) is 29.6. The van der Waals surface area contributed by atoms with Gasteiger partial charge in [-0.2, -0.15) is 0 Å². The van der Waals surface area contributed by atoms with Crippen LogP contribution >= 0.6 is 0 Å². The van der Waals surface area contributed by atoms with Crippen molar-refractivity contribution < 1.29 is 9.59 Å². The van der Waals surface area contributed by atoms with Gasteiger partial charge in [0.1, 0.15) is 5.92 Å². The van der Waals surface area contributed by atoms with Crippen molar-refractivity contribution in [3.63, 3.8) is 0 Å². The highest BCUT2D eigenvalue weighted by Gasteiger charge is 2.61. The lowest BCUT2D eigenvalue weighted by Gasteiger charge is -2.62. The quantitative estimate of drug-likeness (QED) is 0.304. The van der Waals surface area contributed by atoms with Crippen molar-refractivity contribution in [3.05, 3.63) is 108 Å². The average molecular weight is 575 g/mol. The van der Waals surface area contributed by atoms with Crippen LogP contribution in [0, 0.1) is 34.5 Å². The van der Waals surface area contributed by atoms with Gasteiger partial charge in [0.25, 0.3) is 0 Å². The summed E-state index contributed by atoms with van der Waals surface area (Å²) >= 11 is 0. The molecule has 3 aromatic carbocycles. The molecular formula is C39H46N2O2. The Morgan fingerprint density at radius 3 is 2.09 bits per heavy atom. The van der Waals surface area contributed by atoms with Crippen LogP contribution in [0.5, 0.6) is 0 Å². The summed E-state index contributed by atoms with van der Waals surface area (Å²) in [5.74, 6) is 1.24. The van der Waals surface area contributed by atoms with Gasteiger partial charge in [-0.15, -0.1) is 0 Å². The van der Waals surface area contributed by atoms with E-state index < -0.39 is 5.92 Å². The van der Waals surface area contributed by atoms with Crippen molar-refractivity contribution in [2.45, 2.75) is 83.8 Å². The van der Waals surface area contributed by atoms with E-state index >= 15 is 0 Å². The summed E-state index contributed by atoms with van der Waals surface area (Å²) in [4.78, 5) is 31.0. The van der Waals surface area contributed by atoms with E-state index in [4.69, 9.17) is 0 Å². The molecule has 0 spiro atoms. The lowest BCUT2D eigenvalue weighted by atomic mass is 9.47. The minimum atomic E-state index is -0.685. The Labute approximate surface area is 257 Å². The molecule has 0 radical (unpaired) electrons. The maximum atomic E-state index is 14.5. The Kier molecular flexibility index (Phi) is 7.43. The predicted octanol–water partition coefficient (Wildman–Crippen LogP) is 7.94. The molecule has 7 atom stereocenters. The molecule has 4 nitrogen and oxygen atoms in total. The fourth-order valence-electron chi connectivity index (χ4n) is 10.2. The van der Waals surface area contributed by atoms with E-state index in [1.807, 2.05) is 42.5 Å². The van der Waals surface area contributed by atoms with Crippen LogP contribution in [-0.2, 0) is 16.1 Å². The van der Waals surface area contributed by atoms with Crippen LogP contribution in [0.4, 0.5) is 0 Å². The molecule has 3 aliphatic carbocycles. The molecule has 1 saturated heterocycles. The number of amides is 2. The van der Waals surface area contributed by atoms with Crippen LogP contribution in [0.2, 0.25) is 0 Å². The molecule has 224 valence electrons. The maximum absolute atomic E-state index is 14.5. The lowest BCUT2D eigenvalue weighted by molar-refractivity contribution is -0.173. The van der Waals surface area contributed by atoms with Gasteiger partial charge >= 0.3 is 0 Å². The number of carbonyl (C=O) groups is 2. The average Bonchev–Trinajstić information content (AvgIpc) is 3.44. The third-order valence-electron chi connectivity index (χ3n) is 12.3. The van der Waals surface area contributed by atoms with Gasteiger partial charge in [0.15, 0.2) is 0 Å². The first-order valence-corrected chi connectivity index (χ1v) is 16.6. The second kappa shape index (κ2) is 11.3. The summed E-state index contributed by atoms with van der Waals surface area (Å²) in [5, 5.41) is 3.38. The minimum Gasteiger partial charge on any atom is -0.344 e. The number of likely N-dealkylation sites (tertiary alicyclic amines) is 1. The molecule has 4 heteroatoms. The molecule has 1 aliphatic heterocycles. The smallest absolute Gasteiger partial charge is 0.235 e. The molecule has 4 aliphatic rings. The Morgan fingerprint density at radius 1 is 0.814 bits per heavy atom. The number of nitrogens with zero attached hydrogens (tertiary/aromatic N) is 1. The maximum Gasteiger partial charge on any atom is 0.235 e. The van der Waals surface area contributed by atoms with Crippen molar-refractivity contribution in [1.82, 2.24) is 10.2 Å². The lowest BCUT2D eigenvalue weighted by Crippen LogP contribution is -2.65. The first kappa shape index (κ1) is 28.4. The van der Waals surface area contributed by atoms with Crippen LogP contribution in [0.15, 0.2) is 91.0 Å². The molecule has 3 saturated carbocycles. The molecular weight excluding hydrogens is 528 g/mol. The monoisotopic (exact) mass is 574 g/mol. The van der Waals surface area contributed by atoms with Gasteiger partial charge in [0, 0.05) is 12.6 Å². The fraction of sp³-hybridized carbons (Fsp3) is 0.487. The standard InChI is InChI=1S/C39H46N2O2/c1-38-23-12-19-32(38)30-20-21-34-39(2,33(30)22-24-38)25-31(37(43)41(34)26-27-13-6-3-7-14-27)36(42)40-35(28-15-8-4-9-16-28)29-17-10-5-11-18-29/h3-11,13-18,30-35H,12,19-26H2,1-2H3,(H,40,42)/t30-,31?,32-,33+,34?,38-,39+/m0/s1. The summed E-state index contributed by atoms with van der Waals surface area (Å²) in [6.45, 7) is 5.57. The van der Waals surface area contributed by atoms with E-state index in [9.17, 15) is 9.59 Å². The number of nitrogens with one attached hydrogen (secondary N) is 1. The first-order valence-electron chi connectivity index (χ1n) is 16.6. The number of benzene rings is 3. The van der Waals surface area contributed by atoms with Crippen molar-refractivity contribution in [3.8, 4) is 0 Å². The molecule has 1 N–H and O–H groups in total. The molecule has 1 heterocycles. The van der Waals surface area contributed by atoms with Gasteiger partial charge < -0.3 is 10.2 Å². The van der Waals surface area contributed by atoms with Crippen LogP contribution in [-0.4, -0.2) is 22.8 Å². The first-order chi connectivity index (χ1) is 20.9. The van der Waals surface area contributed by atoms with Gasteiger partial charge in [0.05, 0.1) is 6.04 Å². The van der Waals surface area contributed by atoms with E-state index in [1.54, 1.807) is 0 Å². The minimum absolute atomic E-state index is 0.00339. The summed E-state index contributed by atoms with van der Waals surface area (Å²) in [6, 6.07) is 30.5. The Balaban J connectivity index is 1.23. The van der Waals surface area contributed by atoms with Crippen LogP contribution in [0.25, 0.3) is 0 Å². The van der Waals surface area contributed by atoms with Gasteiger partial charge in [-0.25, -0.2) is 0 Å². The van der Waals surface area contributed by atoms with Crippen molar-refractivity contribution in [2.24, 2.45) is 34.5 Å². The van der Waals surface area contributed by atoms with Crippen LogP contribution < -0.4 is 5.32 Å². The number of hydrogen-bond acceptors (Lipinski definition) is 2. The summed E-state index contributed by atoms with van der Waals surface area (Å²) in [7, 11) is 0. The number of piperidine rings is 1. The summed E-state index contributed by atoms with van der Waals surface area (Å²) in [5.41, 5.74) is 3.60. The molecule has 4 fully saturated rings. The van der Waals surface area contributed by atoms with E-state index in [-0.39, 0.29) is 29.3 Å². The normalized spacial score (nSPS) is 33.4. The fourth-order valence-corrected chi connectivity index (χ4v) is 10.2. The molecule has 0 aromatic heterocycles. The second-order valence-electron chi connectivity index (χ2n) is 14.5. The SMILES string of the molecule is C[C@@]12CCC[C@H]1[C@@H]1CCC3N(Cc4ccccc4)C(=O)C(C(=O)NC(c4ccccc4)c4ccccc4)C[C@]3(C)[C@@H]1CC2. The third kappa shape index (κ3) is 5.01. The molecule has 43 heavy (non-hydrogen) atoms. The van der Waals surface area contributed by atoms with E-state index in [0.29, 0.717) is 30.2 Å². The zero-order valence-corrected chi connectivity index (χ0v) is 25.8. The van der Waals surface area contributed by atoms with Crippen LogP contribution in [0.1, 0.15) is 87.9 Å². The van der Waals surface area contributed by atoms with Crippen LogP contribution in [0.3, 0.4) is 0 Å². The number of rotatable bonds is 6. The zero-order valence-electron chi connectivity index (χ0n) is 25.8. The van der Waals surface area contributed by atoms with E-state index in [2.05, 4.69) is 72.6 Å². The molecule has 0 bridgehead atoms. The van der Waals surface area contributed by atoms with E-state index in [1.165, 1.54) is 38.5 Å². The van der Waals surface area contributed by atoms with Gasteiger partial charge in [-0.05, 0) is 90.2 Å². The number of carbonyl (C=O) groups excluding carboxylic acids is 2. The topological polar surface area (TPSA) is 49.4 Å². The highest BCUT2D eigenvalue weighted by Crippen LogP contribution is 2.65. The second-order valence-corrected chi connectivity index (χ2v) is 14.5. The van der Waals surface area contributed by atoms with Crippen molar-refractivity contribution in [1.29, 1.82) is 0 Å². The molecule has 3 aromatic rings. The largest absolute Gasteiger partial charge is 0.344 e. The summed E-state index contributed by atoms with van der Waals surface area (Å²) < 4.78 is 0. The summed E-state index contributed by atoms with van der Waals surface area (Å²) in [6.07, 6.45) is 9.50. The Hall–Kier alpha value is -3.40. The highest BCUT2D eigenvalue weighted by molar-refractivity contribution is 6.01.